The van der Waals surface area contributed by atoms with E-state index in [1.54, 1.807) is 45.2 Å². The van der Waals surface area contributed by atoms with E-state index in [2.05, 4.69) is 10.6 Å². The van der Waals surface area contributed by atoms with E-state index in [4.69, 9.17) is 9.47 Å². The smallest absolute Gasteiger partial charge is 0.327 e. The molecule has 2 rings (SSSR count). The molecule has 9 heteroatoms. The maximum atomic E-state index is 12.5. The first-order valence-electron chi connectivity index (χ1n) is 9.50. The Morgan fingerprint density at radius 3 is 2.31 bits per heavy atom. The largest absolute Gasteiger partial charge is 0.497 e. The van der Waals surface area contributed by atoms with E-state index in [1.807, 2.05) is 0 Å². The van der Waals surface area contributed by atoms with Gasteiger partial charge in [0.15, 0.2) is 6.10 Å². The summed E-state index contributed by atoms with van der Waals surface area (Å²) in [4.78, 5) is 49.7. The summed E-state index contributed by atoms with van der Waals surface area (Å²) in [6.45, 7) is 4.72. The van der Waals surface area contributed by atoms with Gasteiger partial charge in [-0.15, -0.1) is 0 Å². The third-order valence-corrected chi connectivity index (χ3v) is 5.04. The summed E-state index contributed by atoms with van der Waals surface area (Å²) in [5, 5.41) is 5.30. The molecule has 9 nitrogen and oxygen atoms in total. The molecule has 1 saturated heterocycles. The first-order chi connectivity index (χ1) is 13.8. The molecule has 0 aromatic heterocycles. The second kappa shape index (κ2) is 9.40. The molecule has 158 valence electrons. The summed E-state index contributed by atoms with van der Waals surface area (Å²) < 4.78 is 10.2. The van der Waals surface area contributed by atoms with Gasteiger partial charge in [-0.25, -0.2) is 4.79 Å². The van der Waals surface area contributed by atoms with Crippen molar-refractivity contribution in [3.05, 3.63) is 29.8 Å². The Balaban J connectivity index is 1.85. The average Bonchev–Trinajstić information content (AvgIpc) is 2.96. The normalized spacial score (nSPS) is 16.2. The van der Waals surface area contributed by atoms with Crippen molar-refractivity contribution in [3.8, 4) is 5.75 Å². The fraction of sp³-hybridized carbons (Fsp3) is 0.500. The maximum Gasteiger partial charge on any atom is 0.327 e. The Labute approximate surface area is 169 Å². The van der Waals surface area contributed by atoms with Gasteiger partial charge in [0, 0.05) is 6.54 Å². The van der Waals surface area contributed by atoms with E-state index in [0.717, 1.165) is 10.5 Å². The van der Waals surface area contributed by atoms with Gasteiger partial charge in [-0.3, -0.25) is 19.3 Å². The maximum absolute atomic E-state index is 12.5. The number of carbonyl (C=O) groups is 4. The number of nitrogens with one attached hydrogen (secondary N) is 2. The molecule has 2 N–H and O–H groups in total. The number of benzene rings is 1. The Kier molecular flexibility index (Phi) is 7.19. The van der Waals surface area contributed by atoms with Gasteiger partial charge < -0.3 is 20.1 Å². The monoisotopic (exact) mass is 405 g/mol. The van der Waals surface area contributed by atoms with Gasteiger partial charge in [-0.05, 0) is 37.5 Å². The van der Waals surface area contributed by atoms with E-state index >= 15 is 0 Å². The number of imide groups is 1. The Hall–Kier alpha value is -3.10. The molecule has 29 heavy (non-hydrogen) atoms. The van der Waals surface area contributed by atoms with E-state index in [9.17, 15) is 19.2 Å². The van der Waals surface area contributed by atoms with Crippen molar-refractivity contribution < 1.29 is 28.7 Å². The van der Waals surface area contributed by atoms with E-state index in [-0.39, 0.29) is 6.54 Å². The lowest BCUT2D eigenvalue weighted by molar-refractivity contribution is -0.156. The van der Waals surface area contributed by atoms with Crippen LogP contribution >= 0.6 is 0 Å². The van der Waals surface area contributed by atoms with Gasteiger partial charge in [-0.1, -0.05) is 26.0 Å². The summed E-state index contributed by atoms with van der Waals surface area (Å²) in [7, 11) is 1.57. The fourth-order valence-corrected chi connectivity index (χ4v) is 3.04. The number of esters is 1. The molecule has 4 amide bonds. The number of ether oxygens (including phenoxy) is 2. The third kappa shape index (κ3) is 5.04. The minimum Gasteiger partial charge on any atom is -0.497 e. The van der Waals surface area contributed by atoms with E-state index in [1.165, 1.54) is 6.92 Å². The number of urea groups is 1. The summed E-state index contributed by atoms with van der Waals surface area (Å²) in [5.74, 6) is -1.06. The first-order valence-corrected chi connectivity index (χ1v) is 9.50. The molecule has 0 aliphatic carbocycles. The van der Waals surface area contributed by atoms with Crippen molar-refractivity contribution >= 4 is 23.8 Å². The van der Waals surface area contributed by atoms with E-state index < -0.39 is 42.0 Å². The molecule has 0 radical (unpaired) electrons. The van der Waals surface area contributed by atoms with Crippen LogP contribution in [0.4, 0.5) is 4.79 Å². The van der Waals surface area contributed by atoms with Crippen molar-refractivity contribution in [1.29, 1.82) is 0 Å². The molecule has 1 aliphatic rings. The lowest BCUT2D eigenvalue weighted by Gasteiger charge is -2.23. The van der Waals surface area contributed by atoms with Crippen LogP contribution in [0, 0.1) is 0 Å². The first kappa shape index (κ1) is 22.2. The molecule has 0 bridgehead atoms. The van der Waals surface area contributed by atoms with Gasteiger partial charge in [-0.2, -0.15) is 0 Å². The molecule has 0 unspecified atom stereocenters. The lowest BCUT2D eigenvalue weighted by Crippen LogP contribution is -2.46. The zero-order valence-corrected chi connectivity index (χ0v) is 17.1. The highest BCUT2D eigenvalue weighted by atomic mass is 16.5. The predicted octanol–water partition coefficient (Wildman–Crippen LogP) is 1.35. The summed E-state index contributed by atoms with van der Waals surface area (Å²) in [6.07, 6.45) is -0.225. The molecule has 1 fully saturated rings. The Morgan fingerprint density at radius 2 is 1.79 bits per heavy atom. The van der Waals surface area contributed by atoms with Crippen LogP contribution in [0.1, 0.15) is 39.2 Å². The highest BCUT2D eigenvalue weighted by molar-refractivity contribution is 6.08. The number of carbonyl (C=O) groups excluding carboxylic acids is 4. The molecule has 1 heterocycles. The SMILES string of the molecule is CCC1(CC)NC(=O)N(CC(=O)O[C@@H](C)C(=O)NCc2ccc(OC)cc2)C1=O. The average molecular weight is 405 g/mol. The second-order valence-corrected chi connectivity index (χ2v) is 6.81. The standard InChI is InChI=1S/C20H27N3O6/c1-5-20(6-2)18(26)23(19(27)22-20)12-16(24)29-13(3)17(25)21-11-14-7-9-15(28-4)10-8-14/h7-10,13H,5-6,11-12H2,1-4H3,(H,21,25)(H,22,27)/t13-/m0/s1. The fourth-order valence-electron chi connectivity index (χ4n) is 3.04. The topological polar surface area (TPSA) is 114 Å². The van der Waals surface area contributed by atoms with Crippen LogP contribution in [0.5, 0.6) is 5.75 Å². The molecule has 0 saturated carbocycles. The molecule has 1 atom stereocenters. The summed E-state index contributed by atoms with van der Waals surface area (Å²) in [6, 6.07) is 6.53. The van der Waals surface area contributed by atoms with Crippen LogP contribution in [-0.2, 0) is 25.7 Å². The predicted molar refractivity (Wildman–Crippen MR) is 104 cm³/mol. The molecular weight excluding hydrogens is 378 g/mol. The zero-order chi connectivity index (χ0) is 21.6. The van der Waals surface area contributed by atoms with Crippen molar-refractivity contribution in [2.45, 2.75) is 51.8 Å². The highest BCUT2D eigenvalue weighted by Gasteiger charge is 2.49. The zero-order valence-electron chi connectivity index (χ0n) is 17.1. The van der Waals surface area contributed by atoms with Gasteiger partial charge >= 0.3 is 12.0 Å². The van der Waals surface area contributed by atoms with Gasteiger partial charge in [0.2, 0.25) is 0 Å². The number of nitrogens with zero attached hydrogens (tertiary/aromatic N) is 1. The number of methoxy groups -OCH3 is 1. The highest BCUT2D eigenvalue weighted by Crippen LogP contribution is 2.24. The molecular formula is C20H27N3O6. The van der Waals surface area contributed by atoms with E-state index in [0.29, 0.717) is 18.6 Å². The number of hydrogen-bond acceptors (Lipinski definition) is 6. The van der Waals surface area contributed by atoms with Gasteiger partial charge in [0.25, 0.3) is 11.8 Å². The second-order valence-electron chi connectivity index (χ2n) is 6.81. The van der Waals surface area contributed by atoms with Crippen LogP contribution in [0.2, 0.25) is 0 Å². The minimum atomic E-state index is -1.07. The third-order valence-electron chi connectivity index (χ3n) is 5.04. The van der Waals surface area contributed by atoms with Gasteiger partial charge in [0.05, 0.1) is 7.11 Å². The number of amides is 4. The van der Waals surface area contributed by atoms with Crippen molar-refractivity contribution in [2.24, 2.45) is 0 Å². The van der Waals surface area contributed by atoms with Crippen molar-refractivity contribution in [3.63, 3.8) is 0 Å². The van der Waals surface area contributed by atoms with Crippen LogP contribution < -0.4 is 15.4 Å². The van der Waals surface area contributed by atoms with Crippen LogP contribution in [-0.4, -0.2) is 54.0 Å². The summed E-state index contributed by atoms with van der Waals surface area (Å²) >= 11 is 0. The molecule has 1 aliphatic heterocycles. The summed E-state index contributed by atoms with van der Waals surface area (Å²) in [5.41, 5.74) is -0.133. The molecule has 1 aromatic rings. The quantitative estimate of drug-likeness (QED) is 0.474. The number of hydrogen-bond donors (Lipinski definition) is 2. The Morgan fingerprint density at radius 1 is 1.17 bits per heavy atom. The molecule has 0 spiro atoms. The number of rotatable bonds is 9. The van der Waals surface area contributed by atoms with Gasteiger partial charge in [0.1, 0.15) is 17.8 Å². The Bertz CT molecular complexity index is 773. The lowest BCUT2D eigenvalue weighted by atomic mass is 9.93. The van der Waals surface area contributed by atoms with Crippen molar-refractivity contribution in [1.82, 2.24) is 15.5 Å². The van der Waals surface area contributed by atoms with Crippen LogP contribution in [0.25, 0.3) is 0 Å². The van der Waals surface area contributed by atoms with Crippen LogP contribution in [0.15, 0.2) is 24.3 Å². The minimum absolute atomic E-state index is 0.257. The van der Waals surface area contributed by atoms with Crippen LogP contribution in [0.3, 0.4) is 0 Å². The molecule has 1 aromatic carbocycles. The van der Waals surface area contributed by atoms with Crippen molar-refractivity contribution in [2.75, 3.05) is 13.7 Å².